The molecule has 0 saturated heterocycles. The zero-order chi connectivity index (χ0) is 47.0. The number of carbonyl (C=O) groups excluding carboxylic acids is 7. The predicted molar refractivity (Wildman–Crippen MR) is 245 cm³/mol. The second-order valence-electron chi connectivity index (χ2n) is 16.0. The molecule has 65 heavy (non-hydrogen) atoms. The lowest BCUT2D eigenvalue weighted by Crippen LogP contribution is -2.60. The molecule has 0 bridgehead atoms. The Labute approximate surface area is 376 Å². The van der Waals surface area contributed by atoms with E-state index in [1.807, 2.05) is 66.7 Å². The van der Waals surface area contributed by atoms with Gasteiger partial charge in [0.05, 0.1) is 12.5 Å². The van der Waals surface area contributed by atoms with Gasteiger partial charge in [0, 0.05) is 36.4 Å². The van der Waals surface area contributed by atoms with Crippen LogP contribution in [0.4, 0.5) is 0 Å². The predicted octanol–water partition coefficient (Wildman–Crippen LogP) is 0.706. The number of amides is 7. The van der Waals surface area contributed by atoms with Gasteiger partial charge < -0.3 is 59.6 Å². The van der Waals surface area contributed by atoms with Gasteiger partial charge in [-0.1, -0.05) is 79.7 Å². The summed E-state index contributed by atoms with van der Waals surface area (Å²) < 4.78 is 0. The van der Waals surface area contributed by atoms with E-state index in [2.05, 4.69) is 31.6 Å². The van der Waals surface area contributed by atoms with Crippen molar-refractivity contribution in [2.75, 3.05) is 6.54 Å². The van der Waals surface area contributed by atoms with Crippen LogP contribution in [0.5, 0.6) is 5.75 Å². The Balaban J connectivity index is 1.46. The van der Waals surface area contributed by atoms with Crippen molar-refractivity contribution >= 4 is 63.0 Å². The molecule has 0 aliphatic rings. The first-order valence-electron chi connectivity index (χ1n) is 21.5. The molecular weight excluding hydrogens is 833 g/mol. The number of aromatic amines is 1. The van der Waals surface area contributed by atoms with Crippen LogP contribution in [0.25, 0.3) is 21.7 Å². The highest BCUT2D eigenvalue weighted by molar-refractivity contribution is 5.98. The van der Waals surface area contributed by atoms with Gasteiger partial charge in [0.2, 0.25) is 41.4 Å². The number of aromatic hydroxyl groups is 1. The van der Waals surface area contributed by atoms with Crippen molar-refractivity contribution in [1.29, 1.82) is 0 Å². The normalized spacial score (nSPS) is 14.0. The van der Waals surface area contributed by atoms with Crippen LogP contribution in [0.1, 0.15) is 55.7 Å². The van der Waals surface area contributed by atoms with E-state index in [4.69, 9.17) is 22.9 Å². The second-order valence-corrected chi connectivity index (χ2v) is 16.0. The fourth-order valence-electron chi connectivity index (χ4n) is 7.43. The molecule has 0 fully saturated rings. The number of rotatable bonds is 24. The molecule has 0 saturated carbocycles. The van der Waals surface area contributed by atoms with Crippen LogP contribution < -0.4 is 49.5 Å². The number of aromatic nitrogens is 1. The number of para-hydroxylation sites is 1. The number of H-pyrrole nitrogens is 1. The number of nitrogens with one attached hydrogen (secondary N) is 6. The van der Waals surface area contributed by atoms with Gasteiger partial charge in [-0.2, -0.15) is 0 Å². The number of carbonyl (C=O) groups is 7. The second kappa shape index (κ2) is 23.4. The fraction of sp³-hybridized carbons (Fsp3) is 0.340. The number of phenolic OH excluding ortho intramolecular Hbond substituents is 1. The molecule has 4 aromatic carbocycles. The molecule has 15 N–H and O–H groups in total. The Kier molecular flexibility index (Phi) is 17.5. The highest BCUT2D eigenvalue weighted by Gasteiger charge is 2.33. The fourth-order valence-corrected chi connectivity index (χ4v) is 7.43. The summed E-state index contributed by atoms with van der Waals surface area (Å²) in [5.41, 5.74) is 25.3. The summed E-state index contributed by atoms with van der Waals surface area (Å²) in [6.45, 7) is 1.96. The topological polar surface area (TPSA) is 320 Å². The minimum Gasteiger partial charge on any atom is -0.508 e. The molecule has 0 aliphatic heterocycles. The summed E-state index contributed by atoms with van der Waals surface area (Å²) >= 11 is 0. The van der Waals surface area contributed by atoms with Gasteiger partial charge in [0.1, 0.15) is 36.0 Å². The van der Waals surface area contributed by atoms with Crippen LogP contribution in [0.2, 0.25) is 0 Å². The Bertz CT molecular complexity index is 2470. The van der Waals surface area contributed by atoms with Gasteiger partial charge in [-0.3, -0.25) is 33.6 Å². The van der Waals surface area contributed by atoms with E-state index in [1.165, 1.54) is 12.1 Å². The van der Waals surface area contributed by atoms with E-state index in [1.54, 1.807) is 25.3 Å². The summed E-state index contributed by atoms with van der Waals surface area (Å²) in [7, 11) is 0. The van der Waals surface area contributed by atoms with Crippen LogP contribution >= 0.6 is 0 Å². The molecule has 5 aromatic rings. The van der Waals surface area contributed by atoms with E-state index in [-0.39, 0.29) is 37.9 Å². The number of phenols is 1. The summed E-state index contributed by atoms with van der Waals surface area (Å²) in [4.78, 5) is 97.2. The van der Waals surface area contributed by atoms with Crippen LogP contribution in [0.15, 0.2) is 97.2 Å². The first-order chi connectivity index (χ1) is 31.1. The largest absolute Gasteiger partial charge is 0.508 e. The first-order valence-corrected chi connectivity index (χ1v) is 21.5. The zero-order valence-electron chi connectivity index (χ0n) is 36.2. The van der Waals surface area contributed by atoms with Crippen molar-refractivity contribution in [1.82, 2.24) is 31.6 Å². The Morgan fingerprint density at radius 3 is 1.78 bits per heavy atom. The molecule has 18 heteroatoms. The van der Waals surface area contributed by atoms with Gasteiger partial charge >= 0.3 is 0 Å². The van der Waals surface area contributed by atoms with Crippen LogP contribution in [0, 0.1) is 0 Å². The number of benzene rings is 4. The van der Waals surface area contributed by atoms with Crippen molar-refractivity contribution in [3.63, 3.8) is 0 Å². The molecule has 344 valence electrons. The third-order valence-corrected chi connectivity index (χ3v) is 11.0. The zero-order valence-corrected chi connectivity index (χ0v) is 36.2. The average Bonchev–Trinajstić information content (AvgIpc) is 3.69. The van der Waals surface area contributed by atoms with Gasteiger partial charge in [0.25, 0.3) is 0 Å². The Hall–Kier alpha value is -7.31. The molecule has 18 nitrogen and oxygen atoms in total. The molecule has 0 aliphatic carbocycles. The lowest BCUT2D eigenvalue weighted by atomic mass is 9.99. The Morgan fingerprint density at radius 2 is 1.15 bits per heavy atom. The molecule has 6 atom stereocenters. The van der Waals surface area contributed by atoms with Crippen molar-refractivity contribution in [3.05, 3.63) is 114 Å². The van der Waals surface area contributed by atoms with Crippen LogP contribution in [-0.2, 0) is 52.8 Å². The van der Waals surface area contributed by atoms with Crippen LogP contribution in [0.3, 0.4) is 0 Å². The molecule has 2 unspecified atom stereocenters. The molecule has 1 heterocycles. The SMILES string of the molecule is CCC(NC(=O)[C@H](Cc1ccc(O)cc1)NC(=O)[C@H](CCCCN)NC(=O)[C@H](Cc1c[nH]c2ccccc12)NC(=O)C(Cc1ccc2ccccc2c1)NC(=O)[C@H](N)CC(N)=O)C(N)=O. The van der Waals surface area contributed by atoms with Gasteiger partial charge in [-0.05, 0) is 77.9 Å². The van der Waals surface area contributed by atoms with Crippen molar-refractivity contribution < 1.29 is 38.7 Å². The van der Waals surface area contributed by atoms with Crippen LogP contribution in [-0.4, -0.2) is 94.2 Å². The molecule has 0 spiro atoms. The number of hydrogen-bond donors (Lipinski definition) is 11. The van der Waals surface area contributed by atoms with E-state index < -0.39 is 84.0 Å². The quantitative estimate of drug-likeness (QED) is 0.0386. The molecule has 1 aromatic heterocycles. The summed E-state index contributed by atoms with van der Waals surface area (Å²) in [6.07, 6.45) is 2.26. The minimum atomic E-state index is -1.36. The lowest BCUT2D eigenvalue weighted by Gasteiger charge is -2.27. The summed E-state index contributed by atoms with van der Waals surface area (Å²) in [5.74, 6) is -5.35. The number of fused-ring (bicyclic) bond motifs is 2. The minimum absolute atomic E-state index is 0.00966. The monoisotopic (exact) mass is 890 g/mol. The maximum Gasteiger partial charge on any atom is 0.243 e. The first kappa shape index (κ1) is 48.7. The third kappa shape index (κ3) is 14.1. The van der Waals surface area contributed by atoms with E-state index in [9.17, 15) is 38.7 Å². The Morgan fingerprint density at radius 1 is 0.615 bits per heavy atom. The van der Waals surface area contributed by atoms with E-state index in [0.29, 0.717) is 36.1 Å². The molecule has 5 rings (SSSR count). The maximum atomic E-state index is 14.6. The van der Waals surface area contributed by atoms with Gasteiger partial charge in [0.15, 0.2) is 0 Å². The standard InChI is InChI=1S/C47H58N10O8/c1-2-35(42(51)60)53-45(63)38(22-27-15-18-32(58)19-16-27)56-44(62)37(13-7-8-20-48)54-47(65)40(24-31-26-52-36-12-6-5-11-33(31)36)57-46(64)39(55-43(61)34(49)25-41(50)59)23-28-14-17-29-9-3-4-10-30(29)21-28/h3-6,9-12,14-19,21,26,34-35,37-40,52,58H,2,7-8,13,20,22-25,48-49H2,1H3,(H2,50,59)(H2,51,60)(H,53,63)(H,54,65)(H,55,61)(H,56,62)(H,57,64)/t34-,35?,37+,38+,39?,40+/m1/s1. The molecule has 0 radical (unpaired) electrons. The number of unbranched alkanes of at least 4 members (excludes halogenated alkanes) is 1. The average molecular weight is 891 g/mol. The highest BCUT2D eigenvalue weighted by Crippen LogP contribution is 2.21. The molecule has 7 amide bonds. The number of hydrogen-bond acceptors (Lipinski definition) is 10. The maximum absolute atomic E-state index is 14.6. The van der Waals surface area contributed by atoms with E-state index in [0.717, 1.165) is 21.7 Å². The van der Waals surface area contributed by atoms with Crippen molar-refractivity contribution in [2.24, 2.45) is 22.9 Å². The summed E-state index contributed by atoms with van der Waals surface area (Å²) in [5, 5.41) is 26.1. The van der Waals surface area contributed by atoms with Crippen molar-refractivity contribution in [3.8, 4) is 5.75 Å². The van der Waals surface area contributed by atoms with Gasteiger partial charge in [-0.25, -0.2) is 0 Å². The smallest absolute Gasteiger partial charge is 0.243 e. The van der Waals surface area contributed by atoms with E-state index >= 15 is 0 Å². The molecular formula is C47H58N10O8. The highest BCUT2D eigenvalue weighted by atomic mass is 16.3. The summed E-state index contributed by atoms with van der Waals surface area (Å²) in [6, 6.07) is 19.0. The van der Waals surface area contributed by atoms with Gasteiger partial charge in [-0.15, -0.1) is 0 Å². The third-order valence-electron chi connectivity index (χ3n) is 11.0. The lowest BCUT2D eigenvalue weighted by molar-refractivity contribution is -0.135. The number of nitrogens with two attached hydrogens (primary N) is 4. The van der Waals surface area contributed by atoms with Crippen molar-refractivity contribution in [2.45, 2.75) is 94.5 Å². The number of primary amides is 2.